The van der Waals surface area contributed by atoms with Crippen molar-refractivity contribution in [1.29, 1.82) is 0 Å². The van der Waals surface area contributed by atoms with E-state index in [-0.39, 0.29) is 0 Å². The molecule has 5 rings (SSSR count). The van der Waals surface area contributed by atoms with E-state index < -0.39 is 0 Å². The predicted octanol–water partition coefficient (Wildman–Crippen LogP) is 6.81. The van der Waals surface area contributed by atoms with Gasteiger partial charge in [-0.15, -0.1) is 0 Å². The molecular weight excluding hydrogens is 384 g/mol. The van der Waals surface area contributed by atoms with Crippen molar-refractivity contribution in [3.63, 3.8) is 0 Å². The van der Waals surface area contributed by atoms with Crippen LogP contribution in [-0.2, 0) is 0 Å². The maximum atomic E-state index is 4.34. The third-order valence-electron chi connectivity index (χ3n) is 4.81. The van der Waals surface area contributed by atoms with Crippen LogP contribution in [-0.4, -0.2) is 9.97 Å². The fourth-order valence-electron chi connectivity index (χ4n) is 3.60. The molecule has 3 heteroatoms. The van der Waals surface area contributed by atoms with Crippen molar-refractivity contribution < 1.29 is 0 Å². The predicted molar refractivity (Wildman–Crippen MR) is 112 cm³/mol. The monoisotopic (exact) mass is 398 g/mol. The van der Waals surface area contributed by atoms with Gasteiger partial charge in [-0.05, 0) is 48.6 Å². The molecule has 0 aliphatic carbocycles. The molecular formula is C23H15BrN2. The van der Waals surface area contributed by atoms with Gasteiger partial charge in [0.25, 0.3) is 0 Å². The molecule has 0 unspecified atom stereocenters. The summed E-state index contributed by atoms with van der Waals surface area (Å²) in [5, 5.41) is 4.97. The first-order valence-electron chi connectivity index (χ1n) is 8.52. The Kier molecular flexibility index (Phi) is 3.61. The van der Waals surface area contributed by atoms with Gasteiger partial charge in [0.1, 0.15) is 5.82 Å². The van der Waals surface area contributed by atoms with Crippen LogP contribution in [0.25, 0.3) is 44.1 Å². The largest absolute Gasteiger partial charge is 0.345 e. The summed E-state index contributed by atoms with van der Waals surface area (Å²) in [6.45, 7) is 0. The molecule has 26 heavy (non-hydrogen) atoms. The number of fused-ring (bicyclic) bond motifs is 2. The fraction of sp³-hybridized carbons (Fsp3) is 0. The number of nitrogens with zero attached hydrogens (tertiary/aromatic N) is 1. The molecule has 2 nitrogen and oxygen atoms in total. The summed E-state index contributed by atoms with van der Waals surface area (Å²) in [5.41, 5.74) is 3.56. The summed E-state index contributed by atoms with van der Waals surface area (Å²) >= 11 is 3.81. The highest BCUT2D eigenvalue weighted by molar-refractivity contribution is 9.10. The van der Waals surface area contributed by atoms with Crippen molar-refractivity contribution in [3.8, 4) is 22.5 Å². The average molecular weight is 399 g/mol. The van der Waals surface area contributed by atoms with E-state index in [0.717, 1.165) is 15.9 Å². The molecule has 0 amide bonds. The summed E-state index contributed by atoms with van der Waals surface area (Å²) in [6, 6.07) is 25.7. The van der Waals surface area contributed by atoms with Crippen molar-refractivity contribution in [1.82, 2.24) is 9.97 Å². The molecule has 0 atom stereocenters. The standard InChI is InChI=1S/C23H15BrN2/c24-22-19-7-3-1-5-17(19)21(18-6-2-4-8-20(18)22)15-9-11-16(12-10-15)23-25-13-14-26-23/h1-14H,(H,25,26). The van der Waals surface area contributed by atoms with E-state index in [9.17, 15) is 0 Å². The third-order valence-corrected chi connectivity index (χ3v) is 5.67. The second kappa shape index (κ2) is 6.11. The topological polar surface area (TPSA) is 28.7 Å². The van der Waals surface area contributed by atoms with Crippen LogP contribution in [0.4, 0.5) is 0 Å². The minimum atomic E-state index is 0.891. The maximum Gasteiger partial charge on any atom is 0.137 e. The van der Waals surface area contributed by atoms with E-state index in [1.165, 1.54) is 32.7 Å². The van der Waals surface area contributed by atoms with Gasteiger partial charge in [-0.3, -0.25) is 0 Å². The Labute approximate surface area is 159 Å². The van der Waals surface area contributed by atoms with Gasteiger partial charge in [0.05, 0.1) is 0 Å². The molecule has 1 N–H and O–H groups in total. The number of hydrogen-bond donors (Lipinski definition) is 1. The minimum absolute atomic E-state index is 0.891. The van der Waals surface area contributed by atoms with Crippen LogP contribution >= 0.6 is 15.9 Å². The number of hydrogen-bond acceptors (Lipinski definition) is 1. The Morgan fingerprint density at radius 3 is 1.73 bits per heavy atom. The summed E-state index contributed by atoms with van der Waals surface area (Å²) in [7, 11) is 0. The Morgan fingerprint density at radius 2 is 1.19 bits per heavy atom. The summed E-state index contributed by atoms with van der Waals surface area (Å²) in [4.78, 5) is 7.50. The Morgan fingerprint density at radius 1 is 0.654 bits per heavy atom. The zero-order chi connectivity index (χ0) is 17.5. The van der Waals surface area contributed by atoms with Crippen LogP contribution < -0.4 is 0 Å². The Bertz CT molecular complexity index is 1170. The van der Waals surface area contributed by atoms with Gasteiger partial charge in [0.2, 0.25) is 0 Å². The molecule has 0 bridgehead atoms. The SMILES string of the molecule is Brc1c2ccccc2c(-c2ccc(-c3ncc[nH]3)cc2)c2ccccc12. The Balaban J connectivity index is 1.81. The lowest BCUT2D eigenvalue weighted by Gasteiger charge is -2.14. The molecule has 1 heterocycles. The highest BCUT2D eigenvalue weighted by Crippen LogP contribution is 2.41. The molecule has 0 aliphatic rings. The molecule has 0 aliphatic heterocycles. The molecule has 1 aromatic heterocycles. The number of imidazole rings is 1. The molecule has 124 valence electrons. The third kappa shape index (κ3) is 2.36. The molecule has 0 fully saturated rings. The fourth-order valence-corrected chi connectivity index (χ4v) is 4.30. The zero-order valence-corrected chi connectivity index (χ0v) is 15.5. The quantitative estimate of drug-likeness (QED) is 0.325. The van der Waals surface area contributed by atoms with E-state index in [1.807, 2.05) is 6.20 Å². The van der Waals surface area contributed by atoms with Crippen LogP contribution in [0.3, 0.4) is 0 Å². The van der Waals surface area contributed by atoms with E-state index in [0.29, 0.717) is 0 Å². The minimum Gasteiger partial charge on any atom is -0.345 e. The maximum absolute atomic E-state index is 4.34. The molecule has 0 saturated heterocycles. The first-order valence-corrected chi connectivity index (χ1v) is 9.31. The van der Waals surface area contributed by atoms with Crippen LogP contribution in [0.1, 0.15) is 0 Å². The summed E-state index contributed by atoms with van der Waals surface area (Å²) in [6.07, 6.45) is 3.62. The van der Waals surface area contributed by atoms with E-state index >= 15 is 0 Å². The first-order chi connectivity index (χ1) is 12.8. The number of nitrogens with one attached hydrogen (secondary N) is 1. The number of halogens is 1. The Hall–Kier alpha value is -2.91. The molecule has 0 radical (unpaired) electrons. The van der Waals surface area contributed by atoms with Crippen molar-refractivity contribution in [2.45, 2.75) is 0 Å². The smallest absolute Gasteiger partial charge is 0.137 e. The van der Waals surface area contributed by atoms with Crippen molar-refractivity contribution in [2.75, 3.05) is 0 Å². The number of aromatic amines is 1. The average Bonchev–Trinajstić information content (AvgIpc) is 3.24. The van der Waals surface area contributed by atoms with Gasteiger partial charge in [-0.2, -0.15) is 0 Å². The lowest BCUT2D eigenvalue weighted by Crippen LogP contribution is -1.88. The number of rotatable bonds is 2. The van der Waals surface area contributed by atoms with Gasteiger partial charge in [0.15, 0.2) is 0 Å². The van der Waals surface area contributed by atoms with Gasteiger partial charge in [0, 0.05) is 22.4 Å². The van der Waals surface area contributed by atoms with Gasteiger partial charge in [-0.1, -0.05) is 72.8 Å². The molecule has 4 aromatic carbocycles. The summed E-state index contributed by atoms with van der Waals surface area (Å²) < 4.78 is 1.15. The second-order valence-electron chi connectivity index (χ2n) is 6.30. The lowest BCUT2D eigenvalue weighted by atomic mass is 9.91. The van der Waals surface area contributed by atoms with Crippen molar-refractivity contribution in [2.24, 2.45) is 0 Å². The van der Waals surface area contributed by atoms with E-state index in [4.69, 9.17) is 0 Å². The highest BCUT2D eigenvalue weighted by atomic mass is 79.9. The van der Waals surface area contributed by atoms with Crippen LogP contribution in [0.5, 0.6) is 0 Å². The highest BCUT2D eigenvalue weighted by Gasteiger charge is 2.13. The zero-order valence-electron chi connectivity index (χ0n) is 13.9. The van der Waals surface area contributed by atoms with Crippen molar-refractivity contribution in [3.05, 3.63) is 89.7 Å². The van der Waals surface area contributed by atoms with Crippen molar-refractivity contribution >= 4 is 37.5 Å². The van der Waals surface area contributed by atoms with Crippen LogP contribution in [0.2, 0.25) is 0 Å². The van der Waals surface area contributed by atoms with Gasteiger partial charge >= 0.3 is 0 Å². The van der Waals surface area contributed by atoms with Gasteiger partial charge in [-0.25, -0.2) is 4.98 Å². The molecule has 0 spiro atoms. The first kappa shape index (κ1) is 15.4. The molecule has 5 aromatic rings. The van der Waals surface area contributed by atoms with Crippen LogP contribution in [0, 0.1) is 0 Å². The summed E-state index contributed by atoms with van der Waals surface area (Å²) in [5.74, 6) is 0.891. The number of H-pyrrole nitrogens is 1. The second-order valence-corrected chi connectivity index (χ2v) is 7.09. The number of benzene rings is 4. The van der Waals surface area contributed by atoms with Gasteiger partial charge < -0.3 is 4.98 Å². The van der Waals surface area contributed by atoms with E-state index in [1.54, 1.807) is 6.20 Å². The van der Waals surface area contributed by atoms with E-state index in [2.05, 4.69) is 98.7 Å². The van der Waals surface area contributed by atoms with Crippen LogP contribution in [0.15, 0.2) is 89.7 Å². The lowest BCUT2D eigenvalue weighted by molar-refractivity contribution is 1.31. The molecule has 0 saturated carbocycles. The normalized spacial score (nSPS) is 11.3. The number of aromatic nitrogens is 2.